The minimum atomic E-state index is 0.415. The maximum absolute atomic E-state index is 4.32. The van der Waals surface area contributed by atoms with Gasteiger partial charge in [0.1, 0.15) is 0 Å². The summed E-state index contributed by atoms with van der Waals surface area (Å²) >= 11 is 0. The van der Waals surface area contributed by atoms with Crippen LogP contribution in [0.15, 0.2) is 30.9 Å². The lowest BCUT2D eigenvalue weighted by atomic mass is 10.1. The summed E-state index contributed by atoms with van der Waals surface area (Å²) in [5, 5.41) is 3.36. The monoisotopic (exact) mass is 230 g/mol. The number of nitrogens with zero attached hydrogens (tertiary/aromatic N) is 3. The van der Waals surface area contributed by atoms with E-state index in [0.29, 0.717) is 6.04 Å². The van der Waals surface area contributed by atoms with Crippen molar-refractivity contribution in [3.05, 3.63) is 42.0 Å². The smallest absolute Gasteiger partial charge is 0.203 e. The van der Waals surface area contributed by atoms with Crippen molar-refractivity contribution in [3.63, 3.8) is 0 Å². The highest BCUT2D eigenvalue weighted by Crippen LogP contribution is 2.14. The van der Waals surface area contributed by atoms with Crippen LogP contribution in [0, 0.1) is 6.92 Å². The van der Waals surface area contributed by atoms with Crippen LogP contribution in [-0.2, 0) is 6.54 Å². The van der Waals surface area contributed by atoms with Gasteiger partial charge in [0.15, 0.2) is 0 Å². The van der Waals surface area contributed by atoms with Gasteiger partial charge in [-0.05, 0) is 38.0 Å². The molecule has 0 aliphatic heterocycles. The molecule has 4 heteroatoms. The molecule has 2 aromatic rings. The topological polar surface area (TPSA) is 42.7 Å². The van der Waals surface area contributed by atoms with Gasteiger partial charge in [0.2, 0.25) is 5.95 Å². The molecule has 0 bridgehead atoms. The average molecular weight is 230 g/mol. The Morgan fingerprint density at radius 2 is 2.18 bits per heavy atom. The summed E-state index contributed by atoms with van der Waals surface area (Å²) in [6.07, 6.45) is 7.51. The molecule has 0 unspecified atom stereocenters. The van der Waals surface area contributed by atoms with Crippen LogP contribution in [0.4, 0.5) is 5.95 Å². The number of anilines is 1. The Morgan fingerprint density at radius 3 is 2.88 bits per heavy atom. The summed E-state index contributed by atoms with van der Waals surface area (Å²) in [5.41, 5.74) is 2.45. The van der Waals surface area contributed by atoms with Crippen molar-refractivity contribution in [1.82, 2.24) is 14.5 Å². The molecule has 0 aliphatic rings. The molecule has 1 N–H and O–H groups in total. The van der Waals surface area contributed by atoms with Gasteiger partial charge in [0.05, 0.1) is 0 Å². The van der Waals surface area contributed by atoms with Crippen LogP contribution < -0.4 is 5.32 Å². The number of hydrogen-bond donors (Lipinski definition) is 1. The minimum absolute atomic E-state index is 0.415. The van der Waals surface area contributed by atoms with E-state index in [1.54, 1.807) is 0 Å². The molecule has 2 heterocycles. The third kappa shape index (κ3) is 2.64. The van der Waals surface area contributed by atoms with Crippen LogP contribution in [-0.4, -0.2) is 14.5 Å². The molecule has 0 atom stereocenters. The minimum Gasteiger partial charge on any atom is -0.352 e. The van der Waals surface area contributed by atoms with Crippen molar-refractivity contribution in [2.45, 2.75) is 33.4 Å². The van der Waals surface area contributed by atoms with E-state index in [1.165, 1.54) is 11.1 Å². The zero-order chi connectivity index (χ0) is 12.3. The number of aryl methyl sites for hydroxylation is 1. The van der Waals surface area contributed by atoms with E-state index in [-0.39, 0.29) is 0 Å². The number of aromatic nitrogens is 3. The van der Waals surface area contributed by atoms with Crippen molar-refractivity contribution < 1.29 is 0 Å². The fraction of sp³-hybridized carbons (Fsp3) is 0.385. The maximum atomic E-state index is 4.32. The van der Waals surface area contributed by atoms with Crippen LogP contribution in [0.2, 0.25) is 0 Å². The highest BCUT2D eigenvalue weighted by atomic mass is 15.2. The van der Waals surface area contributed by atoms with Crippen molar-refractivity contribution in [2.75, 3.05) is 5.32 Å². The molecule has 90 valence electrons. The molecule has 0 aromatic carbocycles. The molecule has 0 saturated carbocycles. The highest BCUT2D eigenvalue weighted by Gasteiger charge is 2.05. The van der Waals surface area contributed by atoms with Gasteiger partial charge in [-0.15, -0.1) is 0 Å². The molecule has 4 nitrogen and oxygen atoms in total. The lowest BCUT2D eigenvalue weighted by Gasteiger charge is -2.13. The third-order valence-corrected chi connectivity index (χ3v) is 2.80. The fourth-order valence-electron chi connectivity index (χ4n) is 1.74. The molecule has 0 radical (unpaired) electrons. The van der Waals surface area contributed by atoms with Crippen molar-refractivity contribution >= 4 is 5.95 Å². The standard InChI is InChI=1S/C13H18N4/c1-10(2)17-7-6-15-13(17)16-9-12-4-5-14-8-11(12)3/h4-8,10H,9H2,1-3H3,(H,15,16). The van der Waals surface area contributed by atoms with Crippen LogP contribution in [0.3, 0.4) is 0 Å². The van der Waals surface area contributed by atoms with Crippen LogP contribution in [0.25, 0.3) is 0 Å². The summed E-state index contributed by atoms with van der Waals surface area (Å²) in [7, 11) is 0. The molecule has 0 saturated heterocycles. The summed E-state index contributed by atoms with van der Waals surface area (Å²) in [5.74, 6) is 0.913. The van der Waals surface area contributed by atoms with Gasteiger partial charge in [0, 0.05) is 37.4 Å². The number of nitrogens with one attached hydrogen (secondary N) is 1. The molecule has 0 fully saturated rings. The highest BCUT2D eigenvalue weighted by molar-refractivity contribution is 5.31. The summed E-state index contributed by atoms with van der Waals surface area (Å²) in [4.78, 5) is 8.41. The molecule has 0 spiro atoms. The van der Waals surface area contributed by atoms with Crippen molar-refractivity contribution in [2.24, 2.45) is 0 Å². The fourth-order valence-corrected chi connectivity index (χ4v) is 1.74. The summed E-state index contributed by atoms with van der Waals surface area (Å²) in [6, 6.07) is 2.45. The van der Waals surface area contributed by atoms with E-state index >= 15 is 0 Å². The van der Waals surface area contributed by atoms with Crippen LogP contribution in [0.5, 0.6) is 0 Å². The van der Waals surface area contributed by atoms with Crippen LogP contribution >= 0.6 is 0 Å². The largest absolute Gasteiger partial charge is 0.352 e. The first-order valence-electron chi connectivity index (χ1n) is 5.84. The number of hydrogen-bond acceptors (Lipinski definition) is 3. The first-order valence-corrected chi connectivity index (χ1v) is 5.84. The third-order valence-electron chi connectivity index (χ3n) is 2.80. The molecular weight excluding hydrogens is 212 g/mol. The maximum Gasteiger partial charge on any atom is 0.203 e. The average Bonchev–Trinajstić information content (AvgIpc) is 2.76. The predicted octanol–water partition coefficient (Wildman–Crippen LogP) is 2.78. The van der Waals surface area contributed by atoms with Gasteiger partial charge in [-0.3, -0.25) is 4.98 Å². The Kier molecular flexibility index (Phi) is 3.42. The molecule has 2 rings (SSSR count). The van der Waals surface area contributed by atoms with E-state index in [1.807, 2.05) is 30.9 Å². The molecule has 2 aromatic heterocycles. The first-order chi connectivity index (χ1) is 8.18. The van der Waals surface area contributed by atoms with Gasteiger partial charge in [-0.2, -0.15) is 0 Å². The Labute approximate surface area is 102 Å². The summed E-state index contributed by atoms with van der Waals surface area (Å²) < 4.78 is 2.12. The second kappa shape index (κ2) is 4.99. The quantitative estimate of drug-likeness (QED) is 0.878. The number of imidazole rings is 1. The van der Waals surface area contributed by atoms with Gasteiger partial charge in [0.25, 0.3) is 0 Å². The SMILES string of the molecule is Cc1cnccc1CNc1nccn1C(C)C. The predicted molar refractivity (Wildman–Crippen MR) is 68.9 cm³/mol. The Hall–Kier alpha value is -1.84. The Bertz CT molecular complexity index is 488. The zero-order valence-corrected chi connectivity index (χ0v) is 10.5. The van der Waals surface area contributed by atoms with Gasteiger partial charge < -0.3 is 9.88 Å². The second-order valence-corrected chi connectivity index (χ2v) is 4.41. The number of rotatable bonds is 4. The van der Waals surface area contributed by atoms with Gasteiger partial charge >= 0.3 is 0 Å². The first kappa shape index (κ1) is 11.6. The van der Waals surface area contributed by atoms with E-state index in [9.17, 15) is 0 Å². The lowest BCUT2D eigenvalue weighted by molar-refractivity contribution is 0.604. The lowest BCUT2D eigenvalue weighted by Crippen LogP contribution is -2.09. The molecule has 0 amide bonds. The Morgan fingerprint density at radius 1 is 1.35 bits per heavy atom. The van der Waals surface area contributed by atoms with Crippen molar-refractivity contribution in [1.29, 1.82) is 0 Å². The van der Waals surface area contributed by atoms with Crippen molar-refractivity contribution in [3.8, 4) is 0 Å². The Balaban J connectivity index is 2.08. The van der Waals surface area contributed by atoms with Gasteiger partial charge in [-0.25, -0.2) is 4.98 Å². The van der Waals surface area contributed by atoms with E-state index < -0.39 is 0 Å². The second-order valence-electron chi connectivity index (χ2n) is 4.41. The normalized spacial score (nSPS) is 10.8. The van der Waals surface area contributed by atoms with Crippen LogP contribution in [0.1, 0.15) is 31.0 Å². The molecule has 17 heavy (non-hydrogen) atoms. The van der Waals surface area contributed by atoms with Gasteiger partial charge in [-0.1, -0.05) is 0 Å². The van der Waals surface area contributed by atoms with E-state index in [4.69, 9.17) is 0 Å². The van der Waals surface area contributed by atoms with E-state index in [0.717, 1.165) is 12.5 Å². The number of pyridine rings is 1. The molecule has 0 aliphatic carbocycles. The zero-order valence-electron chi connectivity index (χ0n) is 10.5. The van der Waals surface area contributed by atoms with E-state index in [2.05, 4.69) is 40.6 Å². The summed E-state index contributed by atoms with van der Waals surface area (Å²) in [6.45, 7) is 7.13. The molecular formula is C13H18N4.